The fourth-order valence-corrected chi connectivity index (χ4v) is 2.68. The minimum absolute atomic E-state index is 0.00141. The molecule has 138 valence electrons. The first kappa shape index (κ1) is 19.8. The summed E-state index contributed by atoms with van der Waals surface area (Å²) < 4.78 is 11.7. The minimum atomic E-state index is -0.00141. The van der Waals surface area contributed by atoms with Gasteiger partial charge in [0, 0.05) is 0 Å². The number of hydrogen-bond donors (Lipinski definition) is 0. The number of hydrogen-bond acceptors (Lipinski definition) is 3. The third-order valence-corrected chi connectivity index (χ3v) is 4.23. The lowest BCUT2D eigenvalue weighted by molar-refractivity contribution is 0.214. The molecule has 0 amide bonds. The monoisotopic (exact) mass is 351 g/mol. The number of nitriles is 1. The molecule has 0 aliphatic carbocycles. The molecule has 0 fully saturated rings. The van der Waals surface area contributed by atoms with E-state index in [4.69, 9.17) is 14.7 Å². The van der Waals surface area contributed by atoms with Crippen molar-refractivity contribution in [2.24, 2.45) is 0 Å². The third kappa shape index (κ3) is 5.26. The van der Waals surface area contributed by atoms with Crippen LogP contribution in [0.15, 0.2) is 42.5 Å². The van der Waals surface area contributed by atoms with Crippen LogP contribution < -0.4 is 9.47 Å². The summed E-state index contributed by atoms with van der Waals surface area (Å²) in [6, 6.07) is 15.7. The van der Waals surface area contributed by atoms with Gasteiger partial charge < -0.3 is 9.47 Å². The average molecular weight is 351 g/mol. The molecule has 0 N–H and O–H groups in total. The van der Waals surface area contributed by atoms with Gasteiger partial charge in [0.1, 0.15) is 24.7 Å². The molecular weight excluding hydrogens is 322 g/mol. The van der Waals surface area contributed by atoms with E-state index in [-0.39, 0.29) is 10.8 Å². The molecule has 2 aromatic carbocycles. The summed E-state index contributed by atoms with van der Waals surface area (Å²) in [7, 11) is 0. The van der Waals surface area contributed by atoms with E-state index in [9.17, 15) is 0 Å². The Morgan fingerprint density at radius 3 is 2.15 bits per heavy atom. The Kier molecular flexibility index (Phi) is 5.97. The van der Waals surface area contributed by atoms with Crippen molar-refractivity contribution in [2.75, 3.05) is 13.2 Å². The molecule has 0 aromatic heterocycles. The van der Waals surface area contributed by atoms with Crippen LogP contribution in [0.4, 0.5) is 0 Å². The first-order valence-electron chi connectivity index (χ1n) is 9.02. The Hall–Kier alpha value is -2.47. The number of benzene rings is 2. The average Bonchev–Trinajstić information content (AvgIpc) is 2.57. The maximum Gasteiger partial charge on any atom is 0.123 e. The van der Waals surface area contributed by atoms with Gasteiger partial charge in [-0.3, -0.25) is 0 Å². The van der Waals surface area contributed by atoms with Gasteiger partial charge in [-0.15, -0.1) is 0 Å². The van der Waals surface area contributed by atoms with Crippen LogP contribution in [0.25, 0.3) is 0 Å². The fourth-order valence-electron chi connectivity index (χ4n) is 2.68. The van der Waals surface area contributed by atoms with Crippen molar-refractivity contribution in [2.45, 2.75) is 52.4 Å². The molecule has 0 saturated carbocycles. The maximum absolute atomic E-state index is 8.94. The summed E-state index contributed by atoms with van der Waals surface area (Å²) in [6.45, 7) is 14.1. The molecule has 0 unspecified atom stereocenters. The molecule has 26 heavy (non-hydrogen) atoms. The second kappa shape index (κ2) is 7.83. The quantitative estimate of drug-likeness (QED) is 0.657. The Balaban J connectivity index is 2.06. The number of ether oxygens (including phenoxy) is 2. The Morgan fingerprint density at radius 1 is 0.846 bits per heavy atom. The fraction of sp³-hybridized carbons (Fsp3) is 0.435. The van der Waals surface area contributed by atoms with E-state index in [0.717, 1.165) is 5.75 Å². The summed E-state index contributed by atoms with van der Waals surface area (Å²) in [4.78, 5) is 0. The van der Waals surface area contributed by atoms with E-state index >= 15 is 0 Å². The van der Waals surface area contributed by atoms with E-state index < -0.39 is 0 Å². The second-order valence-corrected chi connectivity index (χ2v) is 8.55. The van der Waals surface area contributed by atoms with Crippen LogP contribution in [0.3, 0.4) is 0 Å². The summed E-state index contributed by atoms with van der Waals surface area (Å²) >= 11 is 0. The zero-order valence-electron chi connectivity index (χ0n) is 16.7. The summed E-state index contributed by atoms with van der Waals surface area (Å²) in [5.41, 5.74) is 3.21. The highest BCUT2D eigenvalue weighted by atomic mass is 16.5. The van der Waals surface area contributed by atoms with Gasteiger partial charge in [0.2, 0.25) is 0 Å². The smallest absolute Gasteiger partial charge is 0.123 e. The molecule has 0 radical (unpaired) electrons. The van der Waals surface area contributed by atoms with Crippen molar-refractivity contribution >= 4 is 0 Å². The van der Waals surface area contributed by atoms with Crippen LogP contribution in [0.1, 0.15) is 58.2 Å². The normalized spacial score (nSPS) is 11.7. The van der Waals surface area contributed by atoms with Crippen molar-refractivity contribution in [1.29, 1.82) is 5.26 Å². The molecular formula is C23H29NO2. The van der Waals surface area contributed by atoms with Crippen LogP contribution in [-0.2, 0) is 10.8 Å². The topological polar surface area (TPSA) is 42.2 Å². The minimum Gasteiger partial charge on any atom is -0.490 e. The zero-order chi connectivity index (χ0) is 19.4. The van der Waals surface area contributed by atoms with Crippen LogP contribution in [0, 0.1) is 11.3 Å². The molecule has 0 heterocycles. The molecule has 0 spiro atoms. The molecule has 0 aliphatic heterocycles. The van der Waals surface area contributed by atoms with Crippen molar-refractivity contribution in [1.82, 2.24) is 0 Å². The van der Waals surface area contributed by atoms with Crippen molar-refractivity contribution in [3.8, 4) is 17.6 Å². The maximum atomic E-state index is 8.94. The van der Waals surface area contributed by atoms with E-state index in [0.29, 0.717) is 24.5 Å². The van der Waals surface area contributed by atoms with Gasteiger partial charge >= 0.3 is 0 Å². The highest BCUT2D eigenvalue weighted by molar-refractivity contribution is 5.43. The highest BCUT2D eigenvalue weighted by Crippen LogP contribution is 2.35. The molecule has 0 bridgehead atoms. The lowest BCUT2D eigenvalue weighted by Crippen LogP contribution is -2.18. The van der Waals surface area contributed by atoms with Crippen molar-refractivity contribution < 1.29 is 9.47 Å². The first-order chi connectivity index (χ1) is 12.1. The summed E-state index contributed by atoms with van der Waals surface area (Å²) in [5.74, 6) is 1.59. The van der Waals surface area contributed by atoms with Crippen LogP contribution in [-0.4, -0.2) is 13.2 Å². The first-order valence-corrected chi connectivity index (χ1v) is 9.02. The van der Waals surface area contributed by atoms with Gasteiger partial charge in [0.15, 0.2) is 0 Å². The van der Waals surface area contributed by atoms with Crippen molar-refractivity contribution in [3.63, 3.8) is 0 Å². The molecule has 3 heteroatoms. The summed E-state index contributed by atoms with van der Waals surface area (Å²) in [6.07, 6.45) is 0. The number of nitrogens with zero attached hydrogens (tertiary/aromatic N) is 1. The Morgan fingerprint density at radius 2 is 1.54 bits per heavy atom. The Labute approximate surface area is 157 Å². The van der Waals surface area contributed by atoms with Gasteiger partial charge in [0.05, 0.1) is 11.6 Å². The predicted molar refractivity (Wildman–Crippen MR) is 106 cm³/mol. The molecule has 2 aromatic rings. The Bertz CT molecular complexity index is 789. The largest absolute Gasteiger partial charge is 0.490 e. The zero-order valence-corrected chi connectivity index (χ0v) is 16.7. The molecule has 0 aliphatic rings. The lowest BCUT2D eigenvalue weighted by atomic mass is 9.80. The van der Waals surface area contributed by atoms with Gasteiger partial charge in [-0.25, -0.2) is 0 Å². The van der Waals surface area contributed by atoms with Crippen LogP contribution >= 0.6 is 0 Å². The van der Waals surface area contributed by atoms with Crippen LogP contribution in [0.2, 0.25) is 0 Å². The van der Waals surface area contributed by atoms with E-state index in [1.807, 2.05) is 12.1 Å². The summed E-state index contributed by atoms with van der Waals surface area (Å²) in [5, 5.41) is 8.94. The van der Waals surface area contributed by atoms with Gasteiger partial charge in [-0.2, -0.15) is 5.26 Å². The van der Waals surface area contributed by atoms with E-state index in [2.05, 4.69) is 65.8 Å². The molecule has 2 rings (SSSR count). The molecule has 0 saturated heterocycles. The second-order valence-electron chi connectivity index (χ2n) is 8.55. The SMILES string of the molecule is CC(C)(C)c1ccc(OCCOc2cccc(C#N)c2)c(C(C)(C)C)c1. The van der Waals surface area contributed by atoms with Gasteiger partial charge in [0.25, 0.3) is 0 Å². The van der Waals surface area contributed by atoms with Gasteiger partial charge in [-0.05, 0) is 46.2 Å². The molecule has 0 atom stereocenters. The highest BCUT2D eigenvalue weighted by Gasteiger charge is 2.23. The van der Waals surface area contributed by atoms with Gasteiger partial charge in [-0.1, -0.05) is 59.7 Å². The van der Waals surface area contributed by atoms with Crippen LogP contribution in [0.5, 0.6) is 11.5 Å². The van der Waals surface area contributed by atoms with Crippen molar-refractivity contribution in [3.05, 3.63) is 59.2 Å². The standard InChI is InChI=1S/C23H29NO2/c1-22(2,3)18-10-11-21(20(15-18)23(4,5)6)26-13-12-25-19-9-7-8-17(14-19)16-24/h7-11,14-15H,12-13H2,1-6H3. The molecule has 3 nitrogen and oxygen atoms in total. The predicted octanol–water partition coefficient (Wildman–Crippen LogP) is 5.61. The van der Waals surface area contributed by atoms with E-state index in [1.165, 1.54) is 11.1 Å². The lowest BCUT2D eigenvalue weighted by Gasteiger charge is -2.27. The van der Waals surface area contributed by atoms with E-state index in [1.54, 1.807) is 12.1 Å². The number of rotatable bonds is 5. The third-order valence-electron chi connectivity index (χ3n) is 4.23.